The average molecular weight is 313 g/mol. The van der Waals surface area contributed by atoms with Crippen LogP contribution in [-0.2, 0) is 14.8 Å². The average Bonchev–Trinajstić information content (AvgIpc) is 2.43. The number of hydrogen-bond donors (Lipinski definition) is 2. The molecule has 1 amide bonds. The van der Waals surface area contributed by atoms with Gasteiger partial charge in [-0.05, 0) is 26.8 Å². The van der Waals surface area contributed by atoms with Gasteiger partial charge < -0.3 is 4.74 Å². The minimum Gasteiger partial charge on any atom is -0.444 e. The van der Waals surface area contributed by atoms with Crippen LogP contribution >= 0.6 is 22.9 Å². The molecule has 1 aromatic heterocycles. The Hall–Kier alpha value is -0.830. The van der Waals surface area contributed by atoms with Crippen molar-refractivity contribution in [1.29, 1.82) is 0 Å². The van der Waals surface area contributed by atoms with Crippen LogP contribution in [0.1, 0.15) is 20.8 Å². The Bertz CT molecular complexity index is 560. The van der Waals surface area contributed by atoms with E-state index in [2.05, 4.69) is 5.32 Å². The number of nitrogens with two attached hydrogens (primary N) is 1. The van der Waals surface area contributed by atoms with Gasteiger partial charge in [0, 0.05) is 0 Å². The first-order valence-corrected chi connectivity index (χ1v) is 7.55. The predicted octanol–water partition coefficient (Wildman–Crippen LogP) is 2.40. The first-order chi connectivity index (χ1) is 7.99. The van der Waals surface area contributed by atoms with Gasteiger partial charge in [0.1, 0.15) is 14.1 Å². The maximum Gasteiger partial charge on any atom is 0.412 e. The van der Waals surface area contributed by atoms with Crippen LogP contribution in [-0.4, -0.2) is 20.1 Å². The molecule has 1 rings (SSSR count). The van der Waals surface area contributed by atoms with E-state index in [1.165, 1.54) is 6.07 Å². The lowest BCUT2D eigenvalue weighted by molar-refractivity contribution is 0.0636. The zero-order valence-electron chi connectivity index (χ0n) is 9.98. The third-order valence-corrected chi connectivity index (χ3v) is 4.36. The molecule has 0 saturated carbocycles. The van der Waals surface area contributed by atoms with Crippen molar-refractivity contribution in [2.45, 2.75) is 30.6 Å². The molecule has 0 bridgehead atoms. The lowest BCUT2D eigenvalue weighted by atomic mass is 10.2. The zero-order valence-corrected chi connectivity index (χ0v) is 12.4. The Morgan fingerprint density at radius 2 is 2.06 bits per heavy atom. The number of carbonyl (C=O) groups is 1. The number of thiophene rings is 1. The van der Waals surface area contributed by atoms with Crippen LogP contribution < -0.4 is 10.5 Å². The smallest absolute Gasteiger partial charge is 0.412 e. The number of hydrogen-bond acceptors (Lipinski definition) is 5. The van der Waals surface area contributed by atoms with Crippen molar-refractivity contribution >= 4 is 44.7 Å². The van der Waals surface area contributed by atoms with E-state index < -0.39 is 21.7 Å². The Morgan fingerprint density at radius 1 is 1.50 bits per heavy atom. The Labute approximate surface area is 114 Å². The van der Waals surface area contributed by atoms with Gasteiger partial charge in [-0.25, -0.2) is 18.4 Å². The van der Waals surface area contributed by atoms with Crippen LogP contribution in [0.4, 0.5) is 10.5 Å². The molecule has 0 aliphatic heterocycles. The van der Waals surface area contributed by atoms with E-state index in [-0.39, 0.29) is 14.2 Å². The number of rotatable bonds is 2. The first-order valence-electron chi connectivity index (χ1n) is 4.81. The maximum absolute atomic E-state index is 11.5. The van der Waals surface area contributed by atoms with E-state index in [0.717, 1.165) is 11.3 Å². The monoisotopic (exact) mass is 312 g/mol. The maximum atomic E-state index is 11.5. The Kier molecular flexibility index (Phi) is 4.26. The van der Waals surface area contributed by atoms with Gasteiger partial charge in [-0.3, -0.25) is 5.32 Å². The normalized spacial score (nSPS) is 12.3. The molecule has 102 valence electrons. The molecule has 0 aromatic carbocycles. The second kappa shape index (κ2) is 5.04. The van der Waals surface area contributed by atoms with Crippen molar-refractivity contribution in [3.05, 3.63) is 10.4 Å². The molecule has 9 heteroatoms. The molecule has 1 heterocycles. The Morgan fingerprint density at radius 3 is 2.44 bits per heavy atom. The minimum absolute atomic E-state index is 0.116. The van der Waals surface area contributed by atoms with Gasteiger partial charge in [-0.1, -0.05) is 11.6 Å². The summed E-state index contributed by atoms with van der Waals surface area (Å²) in [4.78, 5) is 11.5. The van der Waals surface area contributed by atoms with Gasteiger partial charge in [0.2, 0.25) is 10.0 Å². The van der Waals surface area contributed by atoms with Gasteiger partial charge in [0.05, 0.1) is 5.69 Å². The molecule has 1 aromatic rings. The van der Waals surface area contributed by atoms with E-state index >= 15 is 0 Å². The van der Waals surface area contributed by atoms with E-state index in [9.17, 15) is 13.2 Å². The number of ether oxygens (including phenoxy) is 1. The summed E-state index contributed by atoms with van der Waals surface area (Å²) in [5, 5.41) is 7.31. The van der Waals surface area contributed by atoms with Crippen molar-refractivity contribution in [1.82, 2.24) is 0 Å². The molecule has 0 atom stereocenters. The summed E-state index contributed by atoms with van der Waals surface area (Å²) in [7, 11) is -3.83. The van der Waals surface area contributed by atoms with Gasteiger partial charge in [0.25, 0.3) is 0 Å². The summed E-state index contributed by atoms with van der Waals surface area (Å²) in [5.74, 6) is 0. The summed E-state index contributed by atoms with van der Waals surface area (Å²) in [6.45, 7) is 5.12. The number of halogens is 1. The number of sulfonamides is 1. The van der Waals surface area contributed by atoms with E-state index in [1.807, 2.05) is 0 Å². The van der Waals surface area contributed by atoms with Crippen LogP contribution in [0.15, 0.2) is 10.3 Å². The molecule has 3 N–H and O–H groups in total. The summed E-state index contributed by atoms with van der Waals surface area (Å²) < 4.78 is 27.2. The fourth-order valence-electron chi connectivity index (χ4n) is 0.986. The largest absolute Gasteiger partial charge is 0.444 e. The molecule has 0 radical (unpaired) electrons. The van der Waals surface area contributed by atoms with E-state index in [1.54, 1.807) is 20.8 Å². The molecule has 6 nitrogen and oxygen atoms in total. The van der Waals surface area contributed by atoms with Crippen molar-refractivity contribution in [3.8, 4) is 0 Å². The molecule has 0 aliphatic carbocycles. The quantitative estimate of drug-likeness (QED) is 0.876. The van der Waals surface area contributed by atoms with Crippen molar-refractivity contribution in [2.75, 3.05) is 5.32 Å². The molecule has 0 aliphatic rings. The highest BCUT2D eigenvalue weighted by Crippen LogP contribution is 2.34. The summed E-state index contributed by atoms with van der Waals surface area (Å²) in [6.07, 6.45) is -0.719. The van der Waals surface area contributed by atoms with Gasteiger partial charge in [0.15, 0.2) is 0 Å². The second-order valence-corrected chi connectivity index (χ2v) is 7.87. The third kappa shape index (κ3) is 4.45. The van der Waals surface area contributed by atoms with Crippen LogP contribution in [0.3, 0.4) is 0 Å². The molecule has 18 heavy (non-hydrogen) atoms. The number of carbonyl (C=O) groups excluding carboxylic acids is 1. The number of nitrogens with one attached hydrogen (secondary N) is 1. The molecule has 0 fully saturated rings. The van der Waals surface area contributed by atoms with Crippen LogP contribution in [0.25, 0.3) is 0 Å². The number of anilines is 1. The molecule has 0 saturated heterocycles. The highest BCUT2D eigenvalue weighted by Gasteiger charge is 2.20. The number of amides is 1. The highest BCUT2D eigenvalue weighted by molar-refractivity contribution is 7.91. The van der Waals surface area contributed by atoms with Crippen molar-refractivity contribution in [2.24, 2.45) is 5.14 Å². The standard InChI is InChI=1S/C9H13ClN2O4S2/c1-9(2,3)16-8(13)12-5-4-6(17-7(5)10)18(11,14)15/h4H,1-3H3,(H,12,13)(H2,11,14,15). The molecular formula is C9H13ClN2O4S2. The molecule has 0 unspecified atom stereocenters. The van der Waals surface area contributed by atoms with Crippen molar-refractivity contribution in [3.63, 3.8) is 0 Å². The SMILES string of the molecule is CC(C)(C)OC(=O)Nc1cc(S(N)(=O)=O)sc1Cl. The van der Waals surface area contributed by atoms with Gasteiger partial charge >= 0.3 is 6.09 Å². The minimum atomic E-state index is -3.83. The van der Waals surface area contributed by atoms with Crippen LogP contribution in [0.5, 0.6) is 0 Å². The topological polar surface area (TPSA) is 98.5 Å². The molecular weight excluding hydrogens is 300 g/mol. The lowest BCUT2D eigenvalue weighted by Gasteiger charge is -2.19. The lowest BCUT2D eigenvalue weighted by Crippen LogP contribution is -2.27. The highest BCUT2D eigenvalue weighted by atomic mass is 35.5. The van der Waals surface area contributed by atoms with E-state index in [0.29, 0.717) is 0 Å². The zero-order chi connectivity index (χ0) is 14.1. The van der Waals surface area contributed by atoms with Gasteiger partial charge in [-0.15, -0.1) is 11.3 Å². The summed E-state index contributed by atoms with van der Waals surface area (Å²) in [5.41, 5.74) is -0.505. The van der Waals surface area contributed by atoms with E-state index in [4.69, 9.17) is 21.5 Å². The summed E-state index contributed by atoms with van der Waals surface area (Å²) >= 11 is 6.56. The Balaban J connectivity index is 2.87. The van der Waals surface area contributed by atoms with Gasteiger partial charge in [-0.2, -0.15) is 0 Å². The van der Waals surface area contributed by atoms with Crippen LogP contribution in [0, 0.1) is 0 Å². The first kappa shape index (κ1) is 15.2. The van der Waals surface area contributed by atoms with Crippen LogP contribution in [0.2, 0.25) is 4.34 Å². The summed E-state index contributed by atoms with van der Waals surface area (Å²) in [6, 6.07) is 1.19. The predicted molar refractivity (Wildman–Crippen MR) is 70.6 cm³/mol. The molecule has 0 spiro atoms. The fourth-order valence-corrected chi connectivity index (χ4v) is 3.04. The third-order valence-electron chi connectivity index (χ3n) is 1.58. The second-order valence-electron chi connectivity index (χ2n) is 4.42. The number of primary sulfonamides is 1. The fraction of sp³-hybridized carbons (Fsp3) is 0.444. The van der Waals surface area contributed by atoms with Crippen molar-refractivity contribution < 1.29 is 17.9 Å².